The lowest BCUT2D eigenvalue weighted by atomic mass is 10.0. The van der Waals surface area contributed by atoms with Crippen LogP contribution in [-0.2, 0) is 22.6 Å². The molecule has 4 rings (SSSR count). The summed E-state index contributed by atoms with van der Waals surface area (Å²) in [5, 5.41) is 0. The molecule has 0 aliphatic carbocycles. The summed E-state index contributed by atoms with van der Waals surface area (Å²) in [4.78, 5) is 7.36. The third-order valence-electron chi connectivity index (χ3n) is 5.86. The largest absolute Gasteiger partial charge is 0.433 e. The van der Waals surface area contributed by atoms with Crippen molar-refractivity contribution in [1.29, 1.82) is 0 Å². The number of aromatic nitrogens is 1. The molecule has 2 aromatic carbocycles. The van der Waals surface area contributed by atoms with Crippen LogP contribution in [0.1, 0.15) is 22.9 Å². The third kappa shape index (κ3) is 5.39. The van der Waals surface area contributed by atoms with Gasteiger partial charge in [0, 0.05) is 44.3 Å². The van der Waals surface area contributed by atoms with Crippen molar-refractivity contribution < 1.29 is 26.0 Å². The lowest BCUT2D eigenvalue weighted by Crippen LogP contribution is -2.48. The zero-order chi connectivity index (χ0) is 24.5. The van der Waals surface area contributed by atoms with Gasteiger partial charge in [0.25, 0.3) is 0 Å². The molecule has 1 atom stereocenters. The normalized spacial score (nSPS) is 17.7. The minimum Gasteiger partial charge on any atom is -0.368 e. The molecule has 1 saturated heterocycles. The van der Waals surface area contributed by atoms with E-state index >= 15 is 0 Å². The fraction of sp³-hybridized carbons (Fsp3) is 0.292. The Balaban J connectivity index is 1.60. The Morgan fingerprint density at radius 2 is 1.76 bits per heavy atom. The van der Waals surface area contributed by atoms with Crippen LogP contribution in [0.3, 0.4) is 0 Å². The molecule has 0 spiro atoms. The second kappa shape index (κ2) is 9.34. The van der Waals surface area contributed by atoms with Crippen molar-refractivity contribution in [3.8, 4) is 0 Å². The molecular formula is C24H23F4N3O2S. The Hall–Kier alpha value is -2.98. The van der Waals surface area contributed by atoms with Crippen molar-refractivity contribution in [2.45, 2.75) is 23.7 Å². The van der Waals surface area contributed by atoms with E-state index in [2.05, 4.69) is 9.88 Å². The molecule has 0 radical (unpaired) electrons. The van der Waals surface area contributed by atoms with E-state index in [1.165, 1.54) is 18.3 Å². The second-order valence-electron chi connectivity index (χ2n) is 8.28. The highest BCUT2D eigenvalue weighted by atomic mass is 32.2. The van der Waals surface area contributed by atoms with Crippen molar-refractivity contribution in [2.24, 2.45) is 0 Å². The summed E-state index contributed by atoms with van der Waals surface area (Å²) in [6.07, 6.45) is -2.27. The topological polar surface area (TPSA) is 53.5 Å². The lowest BCUT2D eigenvalue weighted by Gasteiger charge is -2.43. The minimum absolute atomic E-state index is 0.121. The van der Waals surface area contributed by atoms with Crippen molar-refractivity contribution in [1.82, 2.24) is 9.88 Å². The molecule has 1 fully saturated rings. The number of alkyl halides is 3. The number of pyridine rings is 1. The zero-order valence-electron chi connectivity index (χ0n) is 18.3. The van der Waals surface area contributed by atoms with E-state index in [1.807, 2.05) is 35.2 Å². The molecule has 1 aliphatic heterocycles. The molecule has 0 amide bonds. The lowest BCUT2D eigenvalue weighted by molar-refractivity contribution is -0.141. The van der Waals surface area contributed by atoms with E-state index in [-0.39, 0.29) is 10.9 Å². The highest BCUT2D eigenvalue weighted by Gasteiger charge is 2.33. The van der Waals surface area contributed by atoms with Gasteiger partial charge in [-0.15, -0.1) is 0 Å². The van der Waals surface area contributed by atoms with Crippen LogP contribution in [0.5, 0.6) is 0 Å². The number of anilines is 1. The maximum absolute atomic E-state index is 14.1. The number of halogens is 4. The maximum Gasteiger partial charge on any atom is 0.433 e. The van der Waals surface area contributed by atoms with Gasteiger partial charge in [-0.2, -0.15) is 13.2 Å². The van der Waals surface area contributed by atoms with Crippen molar-refractivity contribution in [3.05, 3.63) is 89.5 Å². The summed E-state index contributed by atoms with van der Waals surface area (Å²) < 4.78 is 76.6. The first-order chi connectivity index (χ1) is 16.0. The van der Waals surface area contributed by atoms with Gasteiger partial charge in [-0.25, -0.2) is 12.8 Å². The number of nitrogens with zero attached hydrogens (tertiary/aromatic N) is 3. The number of rotatable bonds is 5. The summed E-state index contributed by atoms with van der Waals surface area (Å²) in [7, 11) is -3.73. The summed E-state index contributed by atoms with van der Waals surface area (Å²) in [5.41, 5.74) is 1.33. The first kappa shape index (κ1) is 24.2. The first-order valence-corrected chi connectivity index (χ1v) is 12.5. The predicted octanol–water partition coefficient (Wildman–Crippen LogP) is 4.71. The van der Waals surface area contributed by atoms with Crippen molar-refractivity contribution in [3.63, 3.8) is 0 Å². The van der Waals surface area contributed by atoms with Crippen LogP contribution in [0.4, 0.5) is 23.2 Å². The Morgan fingerprint density at radius 3 is 2.38 bits per heavy atom. The standard InChI is InChI=1S/C24H23F4N3O2S/c1-34(32,33)22-13-19(8-9-20(22)25)30-11-12-31(21(16-30)18-5-3-2-4-6-18)15-17-7-10-23(29-14-17)24(26,27)28/h2-10,13-14,21H,11-12,15-16H2,1H3. The molecule has 34 heavy (non-hydrogen) atoms. The Kier molecular flexibility index (Phi) is 6.64. The first-order valence-electron chi connectivity index (χ1n) is 10.6. The van der Waals surface area contributed by atoms with Crippen molar-refractivity contribution in [2.75, 3.05) is 30.8 Å². The molecule has 0 saturated carbocycles. The Labute approximate surface area is 195 Å². The van der Waals surface area contributed by atoms with Gasteiger partial charge >= 0.3 is 6.18 Å². The summed E-state index contributed by atoms with van der Waals surface area (Å²) in [6, 6.07) is 16.0. The fourth-order valence-electron chi connectivity index (χ4n) is 4.13. The van der Waals surface area contributed by atoms with E-state index in [4.69, 9.17) is 0 Å². The van der Waals surface area contributed by atoms with Crippen LogP contribution in [-0.4, -0.2) is 44.2 Å². The molecule has 2 heterocycles. The van der Waals surface area contributed by atoms with Crippen LogP contribution in [0.2, 0.25) is 0 Å². The van der Waals surface area contributed by atoms with Gasteiger partial charge in [0.1, 0.15) is 16.4 Å². The zero-order valence-corrected chi connectivity index (χ0v) is 19.2. The number of benzene rings is 2. The molecule has 0 N–H and O–H groups in total. The summed E-state index contributed by atoms with van der Waals surface area (Å²) in [5.74, 6) is -0.792. The molecule has 0 bridgehead atoms. The van der Waals surface area contributed by atoms with Gasteiger partial charge < -0.3 is 4.90 Å². The average molecular weight is 494 g/mol. The van der Waals surface area contributed by atoms with Crippen LogP contribution < -0.4 is 4.90 Å². The van der Waals surface area contributed by atoms with Crippen LogP contribution in [0.25, 0.3) is 0 Å². The van der Waals surface area contributed by atoms with E-state index in [9.17, 15) is 26.0 Å². The molecule has 3 aromatic rings. The highest BCUT2D eigenvalue weighted by molar-refractivity contribution is 7.90. The molecule has 180 valence electrons. The molecule has 1 aliphatic rings. The van der Waals surface area contributed by atoms with Gasteiger partial charge in [0.05, 0.1) is 6.04 Å². The molecular weight excluding hydrogens is 470 g/mol. The number of hydrogen-bond donors (Lipinski definition) is 0. The Bertz CT molecular complexity index is 1250. The van der Waals surface area contributed by atoms with Crippen LogP contribution >= 0.6 is 0 Å². The van der Waals surface area contributed by atoms with Gasteiger partial charge in [0.2, 0.25) is 0 Å². The maximum atomic E-state index is 14.1. The van der Waals surface area contributed by atoms with Gasteiger partial charge in [0.15, 0.2) is 9.84 Å². The van der Waals surface area contributed by atoms with Crippen LogP contribution in [0, 0.1) is 5.82 Å². The minimum atomic E-state index is -4.49. The van der Waals surface area contributed by atoms with E-state index in [0.29, 0.717) is 37.4 Å². The monoisotopic (exact) mass is 493 g/mol. The molecule has 10 heteroatoms. The smallest absolute Gasteiger partial charge is 0.368 e. The Morgan fingerprint density at radius 1 is 1.03 bits per heavy atom. The SMILES string of the molecule is CS(=O)(=O)c1cc(N2CCN(Cc3ccc(C(F)(F)F)nc3)C(c3ccccc3)C2)ccc1F. The quantitative estimate of drug-likeness (QED) is 0.482. The molecule has 1 aromatic heterocycles. The van der Waals surface area contributed by atoms with E-state index in [1.54, 1.807) is 6.07 Å². The number of piperazine rings is 1. The fourth-order valence-corrected chi connectivity index (χ4v) is 4.89. The summed E-state index contributed by atoms with van der Waals surface area (Å²) in [6.45, 7) is 1.99. The third-order valence-corrected chi connectivity index (χ3v) is 6.97. The van der Waals surface area contributed by atoms with Crippen molar-refractivity contribution >= 4 is 15.5 Å². The number of hydrogen-bond acceptors (Lipinski definition) is 5. The average Bonchev–Trinajstić information content (AvgIpc) is 2.79. The van der Waals surface area contributed by atoms with E-state index in [0.717, 1.165) is 24.0 Å². The number of sulfone groups is 1. The highest BCUT2D eigenvalue weighted by Crippen LogP contribution is 2.32. The van der Waals surface area contributed by atoms with Gasteiger partial charge in [-0.3, -0.25) is 9.88 Å². The molecule has 1 unspecified atom stereocenters. The van der Waals surface area contributed by atoms with Gasteiger partial charge in [-0.05, 0) is 35.4 Å². The molecule has 5 nitrogen and oxygen atoms in total. The van der Waals surface area contributed by atoms with E-state index < -0.39 is 27.5 Å². The van der Waals surface area contributed by atoms with Crippen LogP contribution in [0.15, 0.2) is 71.8 Å². The predicted molar refractivity (Wildman–Crippen MR) is 121 cm³/mol. The summed E-state index contributed by atoms with van der Waals surface area (Å²) >= 11 is 0. The van der Waals surface area contributed by atoms with Gasteiger partial charge in [-0.1, -0.05) is 36.4 Å². The second-order valence-corrected chi connectivity index (χ2v) is 10.3.